The largest absolute Gasteiger partial charge is 2.00 e. The average Bonchev–Trinajstić information content (AvgIpc) is 3.07. The van der Waals surface area contributed by atoms with Crippen molar-refractivity contribution < 1.29 is 17.1 Å². The molecule has 0 saturated heterocycles. The first kappa shape index (κ1) is 13.4. The van der Waals surface area contributed by atoms with E-state index in [1.807, 2.05) is 54.6 Å². The fraction of sp³-hybridized carbons (Fsp3) is 0. The second-order valence-corrected chi connectivity index (χ2v) is 3.23. The van der Waals surface area contributed by atoms with Crippen LogP contribution >= 0.6 is 0 Å². The van der Waals surface area contributed by atoms with Gasteiger partial charge in [-0.3, -0.25) is 4.98 Å². The van der Waals surface area contributed by atoms with Crippen LogP contribution in [0.25, 0.3) is 11.3 Å². The van der Waals surface area contributed by atoms with Crippen LogP contribution in [0.15, 0.2) is 73.2 Å². The third kappa shape index (κ3) is 4.35. The number of rotatable bonds is 1. The average molecular weight is 264 g/mol. The second-order valence-electron chi connectivity index (χ2n) is 3.23. The third-order valence-electron chi connectivity index (χ3n) is 2.08. The molecule has 0 atom stereocenters. The quantitative estimate of drug-likeness (QED) is 0.498. The Balaban J connectivity index is 0.000000205. The van der Waals surface area contributed by atoms with Crippen molar-refractivity contribution in [3.8, 4) is 11.3 Å². The minimum absolute atomic E-state index is 0. The van der Waals surface area contributed by atoms with Crippen LogP contribution in [0.4, 0.5) is 0 Å². The second kappa shape index (κ2) is 7.55. The van der Waals surface area contributed by atoms with Crippen LogP contribution < -0.4 is 0 Å². The maximum absolute atomic E-state index is 4.16. The molecule has 3 heteroatoms. The zero-order valence-corrected chi connectivity index (χ0v) is 10.3. The smallest absolute Gasteiger partial charge is 0.308 e. The molecule has 3 rings (SSSR count). The van der Waals surface area contributed by atoms with Gasteiger partial charge in [0.2, 0.25) is 0 Å². The standard InChI is InChI=1S/C9H7N2.C5H5.Fe/c1-2-4-8(3-1)9-7-10-5-6-11-9;1-2-4-5-3-1;/h1-7H;1-5H;/q2*-1;+2. The van der Waals surface area contributed by atoms with Gasteiger partial charge >= 0.3 is 17.1 Å². The first-order valence-corrected chi connectivity index (χ1v) is 5.11. The topological polar surface area (TPSA) is 25.8 Å². The zero-order valence-electron chi connectivity index (χ0n) is 9.18. The van der Waals surface area contributed by atoms with E-state index in [0.717, 1.165) is 11.3 Å². The fourth-order valence-electron chi connectivity index (χ4n) is 1.31. The molecule has 0 aliphatic heterocycles. The van der Waals surface area contributed by atoms with Crippen molar-refractivity contribution in [2.45, 2.75) is 0 Å². The molecule has 0 unspecified atom stereocenters. The maximum Gasteiger partial charge on any atom is 2.00 e. The number of hydrogen-bond acceptors (Lipinski definition) is 2. The Morgan fingerprint density at radius 1 is 0.941 bits per heavy atom. The molecule has 2 nitrogen and oxygen atoms in total. The molecule has 17 heavy (non-hydrogen) atoms. The summed E-state index contributed by atoms with van der Waals surface area (Å²) in [6.45, 7) is 0. The molecule has 0 aliphatic rings. The van der Waals surface area contributed by atoms with E-state index in [1.54, 1.807) is 18.6 Å². The number of hydrogen-bond donors (Lipinski definition) is 0. The Bertz CT molecular complexity index is 455. The van der Waals surface area contributed by atoms with Crippen LogP contribution in [0.2, 0.25) is 0 Å². The van der Waals surface area contributed by atoms with Crippen LogP contribution in [0.5, 0.6) is 0 Å². The molecule has 0 N–H and O–H groups in total. The molecular formula is C14H12FeN2. The molecule has 3 aromatic rings. The monoisotopic (exact) mass is 264 g/mol. The van der Waals surface area contributed by atoms with Crippen LogP contribution in [0, 0.1) is 0 Å². The molecule has 1 heterocycles. The van der Waals surface area contributed by atoms with Crippen molar-refractivity contribution >= 4 is 0 Å². The van der Waals surface area contributed by atoms with E-state index >= 15 is 0 Å². The van der Waals surface area contributed by atoms with Gasteiger partial charge in [0, 0.05) is 18.1 Å². The summed E-state index contributed by atoms with van der Waals surface area (Å²) in [6, 6.07) is 18.0. The molecule has 0 aliphatic carbocycles. The Labute approximate surface area is 112 Å². The molecule has 0 fully saturated rings. The minimum atomic E-state index is 0. The van der Waals surface area contributed by atoms with Crippen molar-refractivity contribution in [3.05, 3.63) is 73.2 Å². The molecular weight excluding hydrogens is 252 g/mol. The molecule has 0 radical (unpaired) electrons. The molecule has 0 spiro atoms. The van der Waals surface area contributed by atoms with E-state index in [9.17, 15) is 0 Å². The van der Waals surface area contributed by atoms with Gasteiger partial charge in [0.15, 0.2) is 0 Å². The third-order valence-corrected chi connectivity index (χ3v) is 2.08. The van der Waals surface area contributed by atoms with Crippen molar-refractivity contribution in [3.63, 3.8) is 0 Å². The molecule has 0 saturated carbocycles. The van der Waals surface area contributed by atoms with Crippen molar-refractivity contribution in [1.82, 2.24) is 9.97 Å². The summed E-state index contributed by atoms with van der Waals surface area (Å²) in [6.07, 6.45) is 5.13. The van der Waals surface area contributed by atoms with Gasteiger partial charge in [-0.15, -0.1) is 12.1 Å². The summed E-state index contributed by atoms with van der Waals surface area (Å²) in [5.41, 5.74) is 2.05. The van der Waals surface area contributed by atoms with Crippen LogP contribution in [-0.2, 0) is 17.1 Å². The summed E-state index contributed by atoms with van der Waals surface area (Å²) in [7, 11) is 0. The summed E-state index contributed by atoms with van der Waals surface area (Å²) < 4.78 is 0. The molecule has 1 aromatic heterocycles. The van der Waals surface area contributed by atoms with Crippen LogP contribution in [-0.4, -0.2) is 9.97 Å². The van der Waals surface area contributed by atoms with Gasteiger partial charge in [-0.2, -0.15) is 30.3 Å². The Hall–Kier alpha value is -1.70. The van der Waals surface area contributed by atoms with E-state index in [-0.39, 0.29) is 17.1 Å². The SMILES string of the molecule is [Fe+2].c1cc[c-](-c2cnccn2)c1.c1cc[cH-]c1. The van der Waals surface area contributed by atoms with Gasteiger partial charge in [-0.05, 0) is 6.20 Å². The first-order valence-electron chi connectivity index (χ1n) is 5.11. The first-order chi connectivity index (χ1) is 7.97. The summed E-state index contributed by atoms with van der Waals surface area (Å²) in [5, 5.41) is 0. The Morgan fingerprint density at radius 3 is 2.12 bits per heavy atom. The van der Waals surface area contributed by atoms with Crippen LogP contribution in [0.3, 0.4) is 0 Å². The van der Waals surface area contributed by atoms with Gasteiger partial charge in [0.05, 0.1) is 0 Å². The van der Waals surface area contributed by atoms with Gasteiger partial charge in [0.25, 0.3) is 0 Å². The van der Waals surface area contributed by atoms with Crippen molar-refractivity contribution in [1.29, 1.82) is 0 Å². The number of nitrogens with zero attached hydrogens (tertiary/aromatic N) is 2. The predicted molar refractivity (Wildman–Crippen MR) is 65.1 cm³/mol. The summed E-state index contributed by atoms with van der Waals surface area (Å²) in [5.74, 6) is 0. The van der Waals surface area contributed by atoms with E-state index in [0.29, 0.717) is 0 Å². The summed E-state index contributed by atoms with van der Waals surface area (Å²) >= 11 is 0. The zero-order chi connectivity index (χ0) is 11.1. The van der Waals surface area contributed by atoms with Gasteiger partial charge < -0.3 is 4.98 Å². The van der Waals surface area contributed by atoms with E-state index in [1.165, 1.54) is 0 Å². The van der Waals surface area contributed by atoms with E-state index in [2.05, 4.69) is 9.97 Å². The molecule has 86 valence electrons. The minimum Gasteiger partial charge on any atom is -0.308 e. The van der Waals surface area contributed by atoms with Crippen LogP contribution in [0.1, 0.15) is 0 Å². The maximum atomic E-state index is 4.16. The predicted octanol–water partition coefficient (Wildman–Crippen LogP) is 3.27. The molecule has 0 amide bonds. The van der Waals surface area contributed by atoms with Gasteiger partial charge in [-0.1, -0.05) is 5.56 Å². The van der Waals surface area contributed by atoms with E-state index in [4.69, 9.17) is 0 Å². The Morgan fingerprint density at radius 2 is 1.65 bits per heavy atom. The fourth-order valence-corrected chi connectivity index (χ4v) is 1.31. The molecule has 2 aromatic carbocycles. The Kier molecular flexibility index (Phi) is 5.94. The normalized spacial score (nSPS) is 8.71. The summed E-state index contributed by atoms with van der Waals surface area (Å²) in [4.78, 5) is 8.14. The van der Waals surface area contributed by atoms with Crippen molar-refractivity contribution in [2.75, 3.05) is 0 Å². The van der Waals surface area contributed by atoms with Crippen molar-refractivity contribution in [2.24, 2.45) is 0 Å². The molecule has 0 bridgehead atoms. The van der Waals surface area contributed by atoms with E-state index < -0.39 is 0 Å². The van der Waals surface area contributed by atoms with Gasteiger partial charge in [-0.25, -0.2) is 12.1 Å². The number of aromatic nitrogens is 2. The van der Waals surface area contributed by atoms with Gasteiger partial charge in [0.1, 0.15) is 0 Å².